The van der Waals surface area contributed by atoms with Gasteiger partial charge in [0.05, 0.1) is 6.54 Å². The third kappa shape index (κ3) is 7.30. The van der Waals surface area contributed by atoms with E-state index < -0.39 is 0 Å². The Morgan fingerprint density at radius 3 is 2.50 bits per heavy atom. The van der Waals surface area contributed by atoms with Gasteiger partial charge in [0.25, 0.3) is 0 Å². The molecule has 0 aromatic heterocycles. The third-order valence-corrected chi connectivity index (χ3v) is 6.62. The summed E-state index contributed by atoms with van der Waals surface area (Å²) < 4.78 is 5.79. The first-order chi connectivity index (χ1) is 13.4. The van der Waals surface area contributed by atoms with Crippen LogP contribution in [-0.4, -0.2) is 55.3 Å². The van der Waals surface area contributed by atoms with Gasteiger partial charge in [0, 0.05) is 42.6 Å². The van der Waals surface area contributed by atoms with E-state index in [4.69, 9.17) is 9.73 Å². The summed E-state index contributed by atoms with van der Waals surface area (Å²) in [5.74, 6) is 0.893. The van der Waals surface area contributed by atoms with Gasteiger partial charge in [-0.1, -0.05) is 30.3 Å². The molecule has 28 heavy (non-hydrogen) atoms. The molecule has 1 aromatic rings. The summed E-state index contributed by atoms with van der Waals surface area (Å²) in [6, 6.07) is 10.9. The number of nitrogens with zero attached hydrogens (tertiary/aromatic N) is 1. The van der Waals surface area contributed by atoms with Crippen LogP contribution in [-0.2, 0) is 4.74 Å². The van der Waals surface area contributed by atoms with Crippen molar-refractivity contribution in [1.29, 1.82) is 0 Å². The molecule has 1 fully saturated rings. The maximum Gasteiger partial charge on any atom is 0.191 e. The van der Waals surface area contributed by atoms with E-state index in [0.717, 1.165) is 51.6 Å². The molecule has 1 unspecified atom stereocenters. The Bertz CT molecular complexity index is 600. The third-order valence-electron chi connectivity index (χ3n) is 5.38. The largest absolute Gasteiger partial charge is 0.381 e. The molecule has 0 aliphatic carbocycles. The van der Waals surface area contributed by atoms with Crippen molar-refractivity contribution >= 4 is 17.7 Å². The first kappa shape index (κ1) is 23.0. The minimum Gasteiger partial charge on any atom is -0.381 e. The summed E-state index contributed by atoms with van der Waals surface area (Å²) in [7, 11) is 0. The van der Waals surface area contributed by atoms with E-state index in [0.29, 0.717) is 0 Å². The van der Waals surface area contributed by atoms with E-state index >= 15 is 0 Å². The molecule has 0 saturated carbocycles. The number of nitrogens with one attached hydrogen (secondary N) is 3. The van der Waals surface area contributed by atoms with E-state index in [9.17, 15) is 0 Å². The maximum absolute atomic E-state index is 5.66. The second kappa shape index (κ2) is 11.1. The van der Waals surface area contributed by atoms with E-state index in [1.54, 1.807) is 0 Å². The fraction of sp³-hybridized carbons (Fsp3) is 0.682. The molecular formula is C22H38N4OS. The highest BCUT2D eigenvalue weighted by molar-refractivity contribution is 7.99. The van der Waals surface area contributed by atoms with Crippen molar-refractivity contribution in [1.82, 2.24) is 16.0 Å². The van der Waals surface area contributed by atoms with Crippen molar-refractivity contribution in [2.75, 3.05) is 39.1 Å². The van der Waals surface area contributed by atoms with Crippen molar-refractivity contribution in [3.63, 3.8) is 0 Å². The van der Waals surface area contributed by atoms with Gasteiger partial charge in [0.1, 0.15) is 0 Å². The van der Waals surface area contributed by atoms with E-state index in [-0.39, 0.29) is 16.3 Å². The molecule has 0 bridgehead atoms. The molecule has 1 saturated heterocycles. The molecule has 1 aliphatic heterocycles. The van der Waals surface area contributed by atoms with Gasteiger partial charge >= 0.3 is 0 Å². The average Bonchev–Trinajstić information content (AvgIpc) is 2.71. The van der Waals surface area contributed by atoms with Crippen LogP contribution in [0.4, 0.5) is 0 Å². The second-order valence-corrected chi connectivity index (χ2v) is 9.70. The first-order valence-electron chi connectivity index (χ1n) is 10.4. The van der Waals surface area contributed by atoms with Gasteiger partial charge in [-0.2, -0.15) is 11.8 Å². The first-order valence-corrected chi connectivity index (χ1v) is 11.6. The second-order valence-electron chi connectivity index (χ2n) is 8.18. The summed E-state index contributed by atoms with van der Waals surface area (Å²) in [6.07, 6.45) is 4.13. The number of benzene rings is 1. The molecule has 1 aromatic carbocycles. The van der Waals surface area contributed by atoms with Gasteiger partial charge in [-0.25, -0.2) is 0 Å². The van der Waals surface area contributed by atoms with Gasteiger partial charge in [-0.05, 0) is 52.4 Å². The lowest BCUT2D eigenvalue weighted by Crippen LogP contribution is -2.58. The topological polar surface area (TPSA) is 57.7 Å². The van der Waals surface area contributed by atoms with Crippen LogP contribution in [0.25, 0.3) is 0 Å². The van der Waals surface area contributed by atoms with Crippen molar-refractivity contribution in [2.24, 2.45) is 4.99 Å². The molecule has 3 N–H and O–H groups in total. The number of guanidine groups is 1. The highest BCUT2D eigenvalue weighted by Crippen LogP contribution is 2.25. The number of ether oxygens (including phenoxy) is 1. The molecule has 1 atom stereocenters. The molecule has 5 nitrogen and oxygen atoms in total. The average molecular weight is 407 g/mol. The monoisotopic (exact) mass is 406 g/mol. The Balaban J connectivity index is 2.06. The fourth-order valence-electron chi connectivity index (χ4n) is 3.35. The van der Waals surface area contributed by atoms with Crippen LogP contribution in [0.3, 0.4) is 0 Å². The minimum absolute atomic E-state index is 0.00127. The van der Waals surface area contributed by atoms with Crippen LogP contribution in [0.15, 0.2) is 35.3 Å². The van der Waals surface area contributed by atoms with Gasteiger partial charge in [-0.3, -0.25) is 4.99 Å². The molecule has 2 rings (SSSR count). The van der Waals surface area contributed by atoms with Crippen LogP contribution in [0, 0.1) is 0 Å². The van der Waals surface area contributed by atoms with Crippen molar-refractivity contribution in [2.45, 2.75) is 56.9 Å². The molecule has 0 amide bonds. The molecule has 0 radical (unpaired) electrons. The number of hydrogen-bond acceptors (Lipinski definition) is 4. The molecule has 158 valence electrons. The number of thioether (sulfide) groups is 1. The summed E-state index contributed by atoms with van der Waals surface area (Å²) in [5, 5.41) is 10.9. The molecule has 1 heterocycles. The molecular weight excluding hydrogens is 368 g/mol. The zero-order valence-electron chi connectivity index (χ0n) is 18.2. The van der Waals surface area contributed by atoms with E-state index in [1.807, 2.05) is 11.8 Å². The van der Waals surface area contributed by atoms with Crippen molar-refractivity contribution in [3.8, 4) is 0 Å². The Hall–Kier alpha value is -1.24. The fourth-order valence-corrected chi connectivity index (χ4v) is 3.54. The molecule has 6 heteroatoms. The van der Waals surface area contributed by atoms with Crippen LogP contribution < -0.4 is 16.0 Å². The van der Waals surface area contributed by atoms with Gasteiger partial charge < -0.3 is 20.7 Å². The SMILES string of the molecule is CCNC(=NCC(C)(C)SC)NCC1(NC(C)c2ccccc2)CCOCC1. The van der Waals surface area contributed by atoms with Crippen LogP contribution in [0.5, 0.6) is 0 Å². The highest BCUT2D eigenvalue weighted by atomic mass is 32.2. The quantitative estimate of drug-likeness (QED) is 0.432. The predicted octanol–water partition coefficient (Wildman–Crippen LogP) is 3.58. The smallest absolute Gasteiger partial charge is 0.191 e. The Morgan fingerprint density at radius 2 is 1.89 bits per heavy atom. The van der Waals surface area contributed by atoms with E-state index in [1.165, 1.54) is 5.56 Å². The number of rotatable bonds is 9. The number of aliphatic imine (C=N–C) groups is 1. The lowest BCUT2D eigenvalue weighted by atomic mass is 9.88. The van der Waals surface area contributed by atoms with Crippen LogP contribution >= 0.6 is 11.8 Å². The maximum atomic E-state index is 5.66. The Labute approximate surface area is 175 Å². The lowest BCUT2D eigenvalue weighted by molar-refractivity contribution is 0.0355. The Kier molecular flexibility index (Phi) is 9.12. The Morgan fingerprint density at radius 1 is 1.21 bits per heavy atom. The normalized spacial score (nSPS) is 18.5. The van der Waals surface area contributed by atoms with E-state index in [2.05, 4.69) is 80.2 Å². The summed E-state index contributed by atoms with van der Waals surface area (Å²) in [4.78, 5) is 4.82. The zero-order valence-corrected chi connectivity index (χ0v) is 19.0. The standard InChI is InChI=1S/C22H38N4OS/c1-6-23-20(24-16-21(3,4)28-5)25-17-22(12-14-27-15-13-22)26-18(2)19-10-8-7-9-11-19/h7-11,18,26H,6,12-17H2,1-5H3,(H2,23,24,25). The van der Waals surface area contributed by atoms with Crippen LogP contribution in [0.1, 0.15) is 52.1 Å². The van der Waals surface area contributed by atoms with Gasteiger partial charge in [0.2, 0.25) is 0 Å². The molecule has 1 aliphatic rings. The lowest BCUT2D eigenvalue weighted by Gasteiger charge is -2.41. The number of hydrogen-bond donors (Lipinski definition) is 3. The highest BCUT2D eigenvalue weighted by Gasteiger charge is 2.34. The zero-order chi connectivity index (χ0) is 20.5. The molecule has 0 spiro atoms. The van der Waals surface area contributed by atoms with Crippen molar-refractivity contribution in [3.05, 3.63) is 35.9 Å². The van der Waals surface area contributed by atoms with Crippen molar-refractivity contribution < 1.29 is 4.74 Å². The summed E-state index contributed by atoms with van der Waals surface area (Å²) in [5.41, 5.74) is 1.31. The predicted molar refractivity (Wildman–Crippen MR) is 122 cm³/mol. The van der Waals surface area contributed by atoms with Gasteiger partial charge in [0.15, 0.2) is 5.96 Å². The van der Waals surface area contributed by atoms with Gasteiger partial charge in [-0.15, -0.1) is 0 Å². The van der Waals surface area contributed by atoms with Crippen LogP contribution in [0.2, 0.25) is 0 Å². The summed E-state index contributed by atoms with van der Waals surface area (Å²) in [6.45, 7) is 12.9. The summed E-state index contributed by atoms with van der Waals surface area (Å²) >= 11 is 1.85. The minimum atomic E-state index is -0.00127.